The van der Waals surface area contributed by atoms with E-state index in [2.05, 4.69) is 30.7 Å². The van der Waals surface area contributed by atoms with Gasteiger partial charge < -0.3 is 10.6 Å². The molecule has 0 radical (unpaired) electrons. The van der Waals surface area contributed by atoms with Gasteiger partial charge in [-0.2, -0.15) is 0 Å². The molecule has 1 aromatic heterocycles. The van der Waals surface area contributed by atoms with Crippen molar-refractivity contribution < 1.29 is 0 Å². The third-order valence-corrected chi connectivity index (χ3v) is 5.24. The largest absolute Gasteiger partial charge is 0.350 e. The molecule has 2 rings (SSSR count). The van der Waals surface area contributed by atoms with Crippen molar-refractivity contribution in [1.82, 2.24) is 9.88 Å². The van der Waals surface area contributed by atoms with Gasteiger partial charge in [0, 0.05) is 31.1 Å². The molecule has 1 saturated heterocycles. The Morgan fingerprint density at radius 2 is 2.26 bits per heavy atom. The second-order valence-electron chi connectivity index (χ2n) is 5.23. The fraction of sp³-hybridized carbons (Fsp3) is 0.786. The summed E-state index contributed by atoms with van der Waals surface area (Å²) < 4.78 is 0. The smallest absolute Gasteiger partial charge is 0.185 e. The van der Waals surface area contributed by atoms with Gasteiger partial charge in [0.15, 0.2) is 5.13 Å². The second kappa shape index (κ2) is 6.68. The number of likely N-dealkylation sites (N-methyl/N-ethyl adjacent to an activating group) is 2. The summed E-state index contributed by atoms with van der Waals surface area (Å²) in [5.41, 5.74) is 6.96. The summed E-state index contributed by atoms with van der Waals surface area (Å²) in [6.45, 7) is 8.50. The lowest BCUT2D eigenvalue weighted by molar-refractivity contribution is 0.270. The summed E-state index contributed by atoms with van der Waals surface area (Å²) in [5.74, 6) is 0. The van der Waals surface area contributed by atoms with Crippen molar-refractivity contribution in [3.05, 3.63) is 10.6 Å². The Balaban J connectivity index is 2.03. The molecule has 0 spiro atoms. The Hall–Kier alpha value is -0.650. The van der Waals surface area contributed by atoms with Crippen molar-refractivity contribution in [2.75, 3.05) is 31.6 Å². The minimum absolute atomic E-state index is 0.610. The zero-order valence-electron chi connectivity index (χ0n) is 12.4. The van der Waals surface area contributed by atoms with Crippen molar-refractivity contribution >= 4 is 16.5 Å². The molecule has 19 heavy (non-hydrogen) atoms. The van der Waals surface area contributed by atoms with Crippen LogP contribution in [0.25, 0.3) is 0 Å². The van der Waals surface area contributed by atoms with Gasteiger partial charge in [-0.1, -0.05) is 13.8 Å². The van der Waals surface area contributed by atoms with Crippen LogP contribution in [0.3, 0.4) is 0 Å². The standard InChI is InChI=1S/C14H26N4S/c1-4-12-13(9-15)19-14(16-12)17(3)10-11-7-6-8-18(11)5-2/h11H,4-10,15H2,1-3H3. The third kappa shape index (κ3) is 3.27. The zero-order chi connectivity index (χ0) is 13.8. The van der Waals surface area contributed by atoms with Gasteiger partial charge in [-0.3, -0.25) is 4.90 Å². The highest BCUT2D eigenvalue weighted by Crippen LogP contribution is 2.27. The number of hydrogen-bond acceptors (Lipinski definition) is 5. The predicted molar refractivity (Wildman–Crippen MR) is 82.9 cm³/mol. The maximum atomic E-state index is 5.79. The molecular weight excluding hydrogens is 256 g/mol. The van der Waals surface area contributed by atoms with Gasteiger partial charge in [0.1, 0.15) is 0 Å². The lowest BCUT2D eigenvalue weighted by Crippen LogP contribution is -2.38. The summed E-state index contributed by atoms with van der Waals surface area (Å²) in [5, 5.41) is 1.13. The first kappa shape index (κ1) is 14.8. The molecule has 2 N–H and O–H groups in total. The van der Waals surface area contributed by atoms with Crippen LogP contribution >= 0.6 is 11.3 Å². The van der Waals surface area contributed by atoms with Crippen LogP contribution in [-0.2, 0) is 13.0 Å². The Morgan fingerprint density at radius 3 is 2.84 bits per heavy atom. The number of thiazole rings is 1. The summed E-state index contributed by atoms with van der Waals surface area (Å²) in [6.07, 6.45) is 3.62. The monoisotopic (exact) mass is 282 g/mol. The van der Waals surface area contributed by atoms with Gasteiger partial charge in [0.25, 0.3) is 0 Å². The van der Waals surface area contributed by atoms with Crippen molar-refractivity contribution in [3.8, 4) is 0 Å². The Bertz CT molecular complexity index is 383. The number of aromatic nitrogens is 1. The van der Waals surface area contributed by atoms with E-state index in [1.165, 1.54) is 30.0 Å². The molecule has 1 aliphatic rings. The molecule has 5 heteroatoms. The van der Waals surface area contributed by atoms with E-state index >= 15 is 0 Å². The molecule has 1 aliphatic heterocycles. The van der Waals surface area contributed by atoms with Gasteiger partial charge in [0.2, 0.25) is 0 Å². The van der Waals surface area contributed by atoms with Gasteiger partial charge in [0.05, 0.1) is 5.69 Å². The predicted octanol–water partition coefficient (Wildman–Crippen LogP) is 2.08. The lowest BCUT2D eigenvalue weighted by Gasteiger charge is -2.27. The quantitative estimate of drug-likeness (QED) is 0.868. The summed E-state index contributed by atoms with van der Waals surface area (Å²) >= 11 is 1.76. The number of nitrogens with two attached hydrogens (primary N) is 1. The number of likely N-dealkylation sites (tertiary alicyclic amines) is 1. The highest BCUT2D eigenvalue weighted by Gasteiger charge is 2.25. The zero-order valence-corrected chi connectivity index (χ0v) is 13.2. The third-order valence-electron chi connectivity index (χ3n) is 4.00. The SMILES string of the molecule is CCc1nc(N(C)CC2CCCN2CC)sc1CN. The Kier molecular flexibility index (Phi) is 5.19. The number of hydrogen-bond donors (Lipinski definition) is 1. The van der Waals surface area contributed by atoms with E-state index in [1.807, 2.05) is 0 Å². The van der Waals surface area contributed by atoms with E-state index < -0.39 is 0 Å². The highest BCUT2D eigenvalue weighted by molar-refractivity contribution is 7.15. The van der Waals surface area contributed by atoms with Gasteiger partial charge >= 0.3 is 0 Å². The van der Waals surface area contributed by atoms with E-state index in [4.69, 9.17) is 10.7 Å². The molecule has 1 unspecified atom stereocenters. The minimum Gasteiger partial charge on any atom is -0.350 e. The van der Waals surface area contributed by atoms with Crippen LogP contribution < -0.4 is 10.6 Å². The molecule has 2 heterocycles. The van der Waals surface area contributed by atoms with E-state index in [-0.39, 0.29) is 0 Å². The van der Waals surface area contributed by atoms with Crippen LogP contribution in [0.1, 0.15) is 37.3 Å². The molecule has 1 aromatic rings. The molecule has 0 bridgehead atoms. The topological polar surface area (TPSA) is 45.4 Å². The van der Waals surface area contributed by atoms with E-state index in [0.717, 1.165) is 24.6 Å². The van der Waals surface area contributed by atoms with E-state index in [9.17, 15) is 0 Å². The molecule has 4 nitrogen and oxygen atoms in total. The average molecular weight is 282 g/mol. The van der Waals surface area contributed by atoms with Crippen LogP contribution in [0.2, 0.25) is 0 Å². The molecule has 0 aromatic carbocycles. The summed E-state index contributed by atoms with van der Waals surface area (Å²) in [6, 6.07) is 0.685. The fourth-order valence-corrected chi connectivity index (χ4v) is 3.88. The van der Waals surface area contributed by atoms with Crippen LogP contribution in [-0.4, -0.2) is 42.6 Å². The van der Waals surface area contributed by atoms with E-state index in [1.54, 1.807) is 11.3 Å². The molecule has 1 atom stereocenters. The molecule has 0 saturated carbocycles. The maximum Gasteiger partial charge on any atom is 0.185 e. The Morgan fingerprint density at radius 1 is 1.47 bits per heavy atom. The summed E-state index contributed by atoms with van der Waals surface area (Å²) in [4.78, 5) is 10.9. The van der Waals surface area contributed by atoms with Crippen molar-refractivity contribution in [2.24, 2.45) is 5.73 Å². The van der Waals surface area contributed by atoms with E-state index in [0.29, 0.717) is 12.6 Å². The minimum atomic E-state index is 0.610. The first-order valence-electron chi connectivity index (χ1n) is 7.33. The highest BCUT2D eigenvalue weighted by atomic mass is 32.1. The number of anilines is 1. The Labute approximate surface area is 120 Å². The lowest BCUT2D eigenvalue weighted by atomic mass is 10.2. The molecule has 0 amide bonds. The summed E-state index contributed by atoms with van der Waals surface area (Å²) in [7, 11) is 2.16. The molecule has 1 fully saturated rings. The number of rotatable bonds is 6. The first-order chi connectivity index (χ1) is 9.19. The molecule has 108 valence electrons. The average Bonchev–Trinajstić information content (AvgIpc) is 3.03. The second-order valence-corrected chi connectivity index (χ2v) is 6.29. The van der Waals surface area contributed by atoms with Crippen molar-refractivity contribution in [2.45, 2.75) is 45.7 Å². The van der Waals surface area contributed by atoms with Crippen LogP contribution in [0.4, 0.5) is 5.13 Å². The van der Waals surface area contributed by atoms with Gasteiger partial charge in [-0.15, -0.1) is 11.3 Å². The molecule has 0 aliphatic carbocycles. The molecular formula is C14H26N4S. The van der Waals surface area contributed by atoms with Crippen LogP contribution in [0, 0.1) is 0 Å². The van der Waals surface area contributed by atoms with Crippen LogP contribution in [0.5, 0.6) is 0 Å². The van der Waals surface area contributed by atoms with Gasteiger partial charge in [-0.25, -0.2) is 4.98 Å². The maximum absolute atomic E-state index is 5.79. The number of aryl methyl sites for hydroxylation is 1. The van der Waals surface area contributed by atoms with Gasteiger partial charge in [-0.05, 0) is 32.4 Å². The van der Waals surface area contributed by atoms with Crippen molar-refractivity contribution in [3.63, 3.8) is 0 Å². The van der Waals surface area contributed by atoms with Crippen molar-refractivity contribution in [1.29, 1.82) is 0 Å². The number of nitrogens with zero attached hydrogens (tertiary/aromatic N) is 3. The fourth-order valence-electron chi connectivity index (χ4n) is 2.88. The normalized spacial score (nSPS) is 20.1. The first-order valence-corrected chi connectivity index (χ1v) is 8.15. The van der Waals surface area contributed by atoms with Crippen LogP contribution in [0.15, 0.2) is 0 Å².